The van der Waals surface area contributed by atoms with Crippen molar-refractivity contribution in [2.24, 2.45) is 16.5 Å². The predicted molar refractivity (Wildman–Crippen MR) is 126 cm³/mol. The zero-order valence-electron chi connectivity index (χ0n) is 17.8. The van der Waals surface area contributed by atoms with Crippen LogP contribution < -0.4 is 26.4 Å². The first-order chi connectivity index (χ1) is 14.7. The molecular weight excluding hydrogens is 416 g/mol. The number of nitrogens with two attached hydrogens (primary N) is 2. The third-order valence-corrected chi connectivity index (χ3v) is 6.14. The predicted octanol–water partition coefficient (Wildman–Crippen LogP) is 0.909. The minimum absolute atomic E-state index is 0.0549. The van der Waals surface area contributed by atoms with Gasteiger partial charge in [-0.1, -0.05) is 30.3 Å². The fraction of sp³-hybridized carbons (Fsp3) is 0.333. The third-order valence-electron chi connectivity index (χ3n) is 4.61. The van der Waals surface area contributed by atoms with Gasteiger partial charge in [0, 0.05) is 43.6 Å². The van der Waals surface area contributed by atoms with Gasteiger partial charge in [-0.2, -0.15) is 4.72 Å². The molecule has 0 saturated carbocycles. The summed E-state index contributed by atoms with van der Waals surface area (Å²) < 4.78 is 29.1. The molecule has 1 amide bonds. The molecule has 0 saturated heterocycles. The Morgan fingerprint density at radius 1 is 1.19 bits per heavy atom. The maximum absolute atomic E-state index is 13.3. The Labute approximate surface area is 183 Å². The molecule has 2 rings (SSSR count). The molecule has 0 bridgehead atoms. The maximum Gasteiger partial charge on any atom is 0.241 e. The lowest BCUT2D eigenvalue weighted by molar-refractivity contribution is -0.122. The standard InChI is InChI=1S/C21H30N6O3S/c1-4-13-24-20(28)17(10-7-14-25-21(22)23)26-31(29,30)19-12-6-8-15-16(19)9-5-11-18(15)27(2)3/h4-6,8-9,11-12,17,26H,1,7,10,13-14H2,2-3H3,(H,24,28)(H4,22,23,25). The van der Waals surface area contributed by atoms with Crippen LogP contribution in [0.1, 0.15) is 12.8 Å². The third kappa shape index (κ3) is 6.43. The number of hydrogen-bond donors (Lipinski definition) is 4. The molecule has 31 heavy (non-hydrogen) atoms. The van der Waals surface area contributed by atoms with Crippen LogP contribution in [0.15, 0.2) is 58.9 Å². The molecule has 2 aromatic carbocycles. The highest BCUT2D eigenvalue weighted by Crippen LogP contribution is 2.30. The van der Waals surface area contributed by atoms with Gasteiger partial charge in [-0.15, -0.1) is 6.58 Å². The van der Waals surface area contributed by atoms with Gasteiger partial charge in [-0.25, -0.2) is 8.42 Å². The molecule has 1 atom stereocenters. The highest BCUT2D eigenvalue weighted by Gasteiger charge is 2.26. The summed E-state index contributed by atoms with van der Waals surface area (Å²) in [6, 6.07) is 9.58. The fourth-order valence-electron chi connectivity index (χ4n) is 3.18. The number of hydrogen-bond acceptors (Lipinski definition) is 5. The number of anilines is 1. The Bertz CT molecular complexity index is 1060. The first kappa shape index (κ1) is 24.2. The summed E-state index contributed by atoms with van der Waals surface area (Å²) in [6.45, 7) is 4.08. The summed E-state index contributed by atoms with van der Waals surface area (Å²) in [5.74, 6) is -0.497. The molecule has 6 N–H and O–H groups in total. The van der Waals surface area contributed by atoms with Gasteiger partial charge < -0.3 is 21.7 Å². The highest BCUT2D eigenvalue weighted by atomic mass is 32.2. The van der Waals surface area contributed by atoms with Crippen molar-refractivity contribution in [3.8, 4) is 0 Å². The number of benzene rings is 2. The summed E-state index contributed by atoms with van der Waals surface area (Å²) in [4.78, 5) is 18.5. The van der Waals surface area contributed by atoms with E-state index in [0.29, 0.717) is 11.8 Å². The van der Waals surface area contributed by atoms with Gasteiger partial charge in [0.25, 0.3) is 0 Å². The van der Waals surface area contributed by atoms with E-state index >= 15 is 0 Å². The first-order valence-electron chi connectivity index (χ1n) is 9.82. The van der Waals surface area contributed by atoms with E-state index < -0.39 is 22.0 Å². The minimum atomic E-state index is -3.99. The van der Waals surface area contributed by atoms with Crippen molar-refractivity contribution in [1.82, 2.24) is 10.0 Å². The Morgan fingerprint density at radius 2 is 1.87 bits per heavy atom. The minimum Gasteiger partial charge on any atom is -0.377 e. The number of nitrogens with zero attached hydrogens (tertiary/aromatic N) is 2. The number of aliphatic imine (C=N–C) groups is 1. The monoisotopic (exact) mass is 446 g/mol. The average Bonchev–Trinajstić information content (AvgIpc) is 2.72. The Hall–Kier alpha value is -3.11. The zero-order valence-corrected chi connectivity index (χ0v) is 18.7. The van der Waals surface area contributed by atoms with Crippen molar-refractivity contribution >= 4 is 38.3 Å². The second-order valence-electron chi connectivity index (χ2n) is 7.18. The number of guanidine groups is 1. The van der Waals surface area contributed by atoms with Crippen LogP contribution in [0.25, 0.3) is 10.8 Å². The van der Waals surface area contributed by atoms with Crippen LogP contribution in [0, 0.1) is 0 Å². The zero-order chi connectivity index (χ0) is 23.0. The highest BCUT2D eigenvalue weighted by molar-refractivity contribution is 7.89. The molecule has 0 aliphatic heterocycles. The number of fused-ring (bicyclic) bond motifs is 1. The van der Waals surface area contributed by atoms with Crippen LogP contribution in [0.2, 0.25) is 0 Å². The summed E-state index contributed by atoms with van der Waals surface area (Å²) in [7, 11) is -0.205. The molecular formula is C21H30N6O3S. The van der Waals surface area contributed by atoms with Crippen LogP contribution in [0.5, 0.6) is 0 Å². The van der Waals surface area contributed by atoms with Gasteiger partial charge in [0.05, 0.1) is 4.90 Å². The van der Waals surface area contributed by atoms with Gasteiger partial charge in [0.15, 0.2) is 5.96 Å². The van der Waals surface area contributed by atoms with E-state index in [1.165, 1.54) is 12.1 Å². The van der Waals surface area contributed by atoms with Crippen molar-refractivity contribution in [2.75, 3.05) is 32.1 Å². The molecule has 0 radical (unpaired) electrons. The number of carbonyl (C=O) groups is 1. The number of amides is 1. The van der Waals surface area contributed by atoms with Gasteiger partial charge in [-0.3, -0.25) is 9.79 Å². The van der Waals surface area contributed by atoms with E-state index in [9.17, 15) is 13.2 Å². The molecule has 1 unspecified atom stereocenters. The first-order valence-corrected chi connectivity index (χ1v) is 11.3. The molecule has 0 fully saturated rings. The van der Waals surface area contributed by atoms with E-state index in [1.807, 2.05) is 31.1 Å². The second-order valence-corrected chi connectivity index (χ2v) is 8.86. The van der Waals surface area contributed by atoms with Crippen LogP contribution >= 0.6 is 0 Å². The summed E-state index contributed by atoms with van der Waals surface area (Å²) in [5.41, 5.74) is 11.5. The largest absolute Gasteiger partial charge is 0.377 e. The van der Waals surface area contributed by atoms with Crippen LogP contribution in [-0.4, -0.2) is 53.5 Å². The summed E-state index contributed by atoms with van der Waals surface area (Å²) in [5, 5.41) is 4.02. The fourth-order valence-corrected chi connectivity index (χ4v) is 4.63. The van der Waals surface area contributed by atoms with Crippen molar-refractivity contribution in [2.45, 2.75) is 23.8 Å². The molecule has 9 nitrogen and oxygen atoms in total. The van der Waals surface area contributed by atoms with E-state index in [0.717, 1.165) is 11.1 Å². The van der Waals surface area contributed by atoms with Crippen LogP contribution in [0.3, 0.4) is 0 Å². The quantitative estimate of drug-likeness (QED) is 0.175. The Kier molecular flexibility index (Phi) is 8.40. The van der Waals surface area contributed by atoms with Gasteiger partial charge in [0.2, 0.25) is 15.9 Å². The molecule has 0 aliphatic rings. The molecule has 168 valence electrons. The average molecular weight is 447 g/mol. The Morgan fingerprint density at radius 3 is 2.52 bits per heavy atom. The van der Waals surface area contributed by atoms with Crippen molar-refractivity contribution < 1.29 is 13.2 Å². The molecule has 0 heterocycles. The number of sulfonamides is 1. The van der Waals surface area contributed by atoms with Gasteiger partial charge in [0.1, 0.15) is 6.04 Å². The number of carbonyl (C=O) groups excluding carboxylic acids is 1. The second kappa shape index (κ2) is 10.8. The smallest absolute Gasteiger partial charge is 0.241 e. The lowest BCUT2D eigenvalue weighted by Gasteiger charge is -2.20. The molecule has 2 aromatic rings. The maximum atomic E-state index is 13.3. The summed E-state index contributed by atoms with van der Waals surface area (Å²) in [6.07, 6.45) is 2.18. The summed E-state index contributed by atoms with van der Waals surface area (Å²) >= 11 is 0. The van der Waals surface area contributed by atoms with Crippen molar-refractivity contribution in [3.05, 3.63) is 49.1 Å². The van der Waals surface area contributed by atoms with Crippen molar-refractivity contribution in [3.63, 3.8) is 0 Å². The molecule has 0 aliphatic carbocycles. The van der Waals surface area contributed by atoms with Crippen LogP contribution in [0.4, 0.5) is 5.69 Å². The van der Waals surface area contributed by atoms with Crippen LogP contribution in [-0.2, 0) is 14.8 Å². The topological polar surface area (TPSA) is 143 Å². The Balaban J connectivity index is 2.36. The molecule has 10 heteroatoms. The molecule has 0 aromatic heterocycles. The van der Waals surface area contributed by atoms with E-state index in [4.69, 9.17) is 11.5 Å². The van der Waals surface area contributed by atoms with E-state index in [2.05, 4.69) is 21.6 Å². The lowest BCUT2D eigenvalue weighted by Crippen LogP contribution is -2.46. The number of rotatable bonds is 11. The van der Waals surface area contributed by atoms with E-state index in [1.54, 1.807) is 18.2 Å². The lowest BCUT2D eigenvalue weighted by atomic mass is 10.1. The molecule has 0 spiro atoms. The SMILES string of the molecule is C=CCNC(=O)C(CCCN=C(N)N)NS(=O)(=O)c1cccc2c(N(C)C)cccc12. The van der Waals surface area contributed by atoms with Gasteiger partial charge in [-0.05, 0) is 25.0 Å². The van der Waals surface area contributed by atoms with Crippen molar-refractivity contribution in [1.29, 1.82) is 0 Å². The normalized spacial score (nSPS) is 12.2. The van der Waals surface area contributed by atoms with Gasteiger partial charge >= 0.3 is 0 Å². The number of nitrogens with one attached hydrogen (secondary N) is 2. The van der Waals surface area contributed by atoms with E-state index in [-0.39, 0.29) is 30.4 Å².